The predicted octanol–water partition coefficient (Wildman–Crippen LogP) is 6.53. The average Bonchev–Trinajstić information content (AvgIpc) is 0.830. The maximum atomic E-state index is 14.6. The maximum absolute atomic E-state index is 14.6. The van der Waals surface area contributed by atoms with Crippen LogP contribution in [0, 0.1) is 5.41 Å². The van der Waals surface area contributed by atoms with Crippen LogP contribution < -0.4 is 0 Å². The predicted molar refractivity (Wildman–Crippen MR) is 298 cm³/mol. The van der Waals surface area contributed by atoms with Crippen molar-refractivity contribution in [1.82, 2.24) is 0 Å². The zero-order valence-electron chi connectivity index (χ0n) is 47.5. The number of halogens is 3. The second kappa shape index (κ2) is 29.8. The number of alkyl halides is 3. The Morgan fingerprint density at radius 2 is 0.874 bits per heavy atom. The molecule has 87 heavy (non-hydrogen) atoms. The third kappa shape index (κ3) is 18.4. The zero-order chi connectivity index (χ0) is 63.3. The molecule has 0 aliphatic carbocycles. The van der Waals surface area contributed by atoms with Gasteiger partial charge in [0, 0.05) is 27.7 Å². The molecule has 14 atom stereocenters. The number of rotatable bonds is 19. The second-order valence-corrected chi connectivity index (χ2v) is 22.7. The number of nitrogens with one attached hydrogen (secondary N) is 1. The summed E-state index contributed by atoms with van der Waals surface area (Å²) in [5, 5.41) is 8.82. The van der Waals surface area contributed by atoms with E-state index in [1.807, 2.05) is 0 Å². The molecule has 7 rings (SSSR count). The normalized spacial score (nSPS) is 26.2. The number of hydrogen-bond donors (Lipinski definition) is 1. The molecule has 4 aromatic carbocycles. The molecule has 0 bridgehead atoms. The Morgan fingerprint density at radius 1 is 0.460 bits per heavy atom. The van der Waals surface area contributed by atoms with Crippen LogP contribution in [-0.2, 0) is 95.0 Å². The van der Waals surface area contributed by atoms with Crippen molar-refractivity contribution in [2.75, 3.05) is 13.2 Å². The monoisotopic (exact) mass is 1270 g/mol. The number of ether oxygens (including phenoxy) is 15. The molecule has 4 aromatic rings. The van der Waals surface area contributed by atoms with Gasteiger partial charge in [0.05, 0.1) is 28.9 Å². The van der Waals surface area contributed by atoms with Gasteiger partial charge in [-0.1, -0.05) is 108 Å². The first kappa shape index (κ1) is 66.8. The molecule has 1 N–H and O–H groups in total. The van der Waals surface area contributed by atoms with Crippen molar-refractivity contribution >= 4 is 94.4 Å². The largest absolute Gasteiger partial charge is 0.459 e. The van der Waals surface area contributed by atoms with Crippen LogP contribution in [0.1, 0.15) is 89.9 Å². The first-order chi connectivity index (χ1) is 41.2. The molecule has 0 radical (unpaired) electrons. The molecule has 0 aromatic heterocycles. The van der Waals surface area contributed by atoms with E-state index in [2.05, 4.69) is 0 Å². The van der Waals surface area contributed by atoms with Crippen LogP contribution in [0.4, 0.5) is 0 Å². The van der Waals surface area contributed by atoms with Gasteiger partial charge in [-0.15, -0.1) is 0 Å². The van der Waals surface area contributed by atoms with Crippen molar-refractivity contribution in [2.45, 2.75) is 144 Å². The Hall–Kier alpha value is -7.75. The Bertz CT molecular complexity index is 3090. The van der Waals surface area contributed by atoms with Gasteiger partial charge in [0.2, 0.25) is 12.2 Å². The average molecular weight is 1270 g/mol. The summed E-state index contributed by atoms with van der Waals surface area (Å²) >= 11 is 18.6. The van der Waals surface area contributed by atoms with E-state index in [1.165, 1.54) is 106 Å². The molecule has 3 aliphatic heterocycles. The number of esters is 9. The highest BCUT2D eigenvalue weighted by Gasteiger charge is 2.61. The van der Waals surface area contributed by atoms with Crippen molar-refractivity contribution in [3.8, 4) is 0 Å². The van der Waals surface area contributed by atoms with Crippen molar-refractivity contribution in [2.24, 2.45) is 0 Å². The van der Waals surface area contributed by atoms with Gasteiger partial charge in [-0.2, -0.15) is 0 Å². The summed E-state index contributed by atoms with van der Waals surface area (Å²) < 4.78 is 88.2. The number of carbonyl (C=O) groups is 9. The first-order valence-electron chi connectivity index (χ1n) is 26.6. The minimum atomic E-state index is -2.75. The molecule has 25 nitrogen and oxygen atoms in total. The van der Waals surface area contributed by atoms with Crippen LogP contribution in [-0.4, -0.2) is 168 Å². The van der Waals surface area contributed by atoms with Gasteiger partial charge in [0.15, 0.2) is 67.5 Å². The lowest BCUT2D eigenvalue weighted by molar-refractivity contribution is -0.377. The third-order valence-corrected chi connectivity index (χ3v) is 13.1. The van der Waals surface area contributed by atoms with Crippen LogP contribution in [0.15, 0.2) is 121 Å². The van der Waals surface area contributed by atoms with Crippen molar-refractivity contribution < 1.29 is 114 Å². The summed E-state index contributed by atoms with van der Waals surface area (Å²) in [7, 11) is 0. The molecule has 3 saturated heterocycles. The van der Waals surface area contributed by atoms with E-state index in [-0.39, 0.29) is 22.3 Å². The fourth-order valence-electron chi connectivity index (χ4n) is 9.03. The van der Waals surface area contributed by atoms with Crippen LogP contribution >= 0.6 is 34.8 Å². The summed E-state index contributed by atoms with van der Waals surface area (Å²) in [6, 6.07) is 29.7. The highest BCUT2D eigenvalue weighted by atomic mass is 35.6. The van der Waals surface area contributed by atoms with Gasteiger partial charge in [-0.25, -0.2) is 24.0 Å². The summed E-state index contributed by atoms with van der Waals surface area (Å²) in [6.45, 7) is 6.78. The number of carbonyl (C=O) groups excluding carboxylic acids is 9. The molecule has 0 spiro atoms. The zero-order valence-corrected chi connectivity index (χ0v) is 49.7. The van der Waals surface area contributed by atoms with E-state index in [4.69, 9.17) is 111 Å². The van der Waals surface area contributed by atoms with Crippen LogP contribution in [0.3, 0.4) is 0 Å². The summed E-state index contributed by atoms with van der Waals surface area (Å²) in [5.74, 6) is -10.8. The Balaban J connectivity index is 1.47. The lowest BCUT2D eigenvalue weighted by atomic mass is 9.95. The van der Waals surface area contributed by atoms with E-state index in [1.54, 1.807) is 36.4 Å². The highest BCUT2D eigenvalue weighted by Crippen LogP contribution is 2.40. The molecule has 3 aliphatic rings. The lowest BCUT2D eigenvalue weighted by Crippen LogP contribution is -2.69. The van der Waals surface area contributed by atoms with E-state index in [0.29, 0.717) is 0 Å². The molecular formula is C59H60Cl3NO24. The van der Waals surface area contributed by atoms with Gasteiger partial charge in [0.25, 0.3) is 3.79 Å². The molecule has 0 amide bonds. The van der Waals surface area contributed by atoms with Crippen molar-refractivity contribution in [3.63, 3.8) is 0 Å². The fourth-order valence-corrected chi connectivity index (χ4v) is 9.16. The van der Waals surface area contributed by atoms with Crippen molar-refractivity contribution in [3.05, 3.63) is 144 Å². The summed E-state index contributed by atoms with van der Waals surface area (Å²) in [5.41, 5.74) is -1.52. The molecule has 28 heteroatoms. The van der Waals surface area contributed by atoms with Crippen LogP contribution in [0.25, 0.3) is 0 Å². The number of benzene rings is 4. The van der Waals surface area contributed by atoms with Crippen molar-refractivity contribution in [1.29, 1.82) is 5.41 Å². The fraction of sp³-hybridized carbons (Fsp3) is 0.424. The maximum Gasteiger partial charge on any atom is 0.339 e. The molecule has 3 heterocycles. The van der Waals surface area contributed by atoms with Gasteiger partial charge >= 0.3 is 53.7 Å². The van der Waals surface area contributed by atoms with Gasteiger partial charge in [0.1, 0.15) is 24.4 Å². The van der Waals surface area contributed by atoms with Crippen LogP contribution in [0.5, 0.6) is 0 Å². The Morgan fingerprint density at radius 3 is 1.33 bits per heavy atom. The van der Waals surface area contributed by atoms with Gasteiger partial charge in [-0.05, 0) is 69.3 Å². The quantitative estimate of drug-likeness (QED) is 0.0343. The SMILES string of the molecule is CC(=O)O[C@@H]1[C@@H](OC(C)=O)[C@H](O[C@@H]2[C@@H](O[C@@H]3O[C@H](COC(=O)c4ccccc4)[C@H](OC(=O)c4ccccc4)[C@H](OC(=O)c4ccccc4)[C@H]3OC(=O)c3ccccc3)[C@@H](OC(=N)C(Cl)(Cl)Cl)O[C@H](C(=O)OC(C)(C)C)[C@H]2OC(C)=O)OC[C@H]1OC(C)=O. The minimum Gasteiger partial charge on any atom is -0.459 e. The molecule has 0 unspecified atom stereocenters. The first-order valence-corrected chi connectivity index (χ1v) is 27.8. The molecule has 3 fully saturated rings. The molecular weight excluding hydrogens is 1210 g/mol. The second-order valence-electron chi connectivity index (χ2n) is 20.4. The van der Waals surface area contributed by atoms with E-state index in [0.717, 1.165) is 27.7 Å². The summed E-state index contributed by atoms with van der Waals surface area (Å²) in [6.07, 6.45) is -28.9. The highest BCUT2D eigenvalue weighted by molar-refractivity contribution is 6.76. The standard InChI is InChI=1S/C59H60Cl3NO24/c1-30(64)75-38-29-74-54(46(78-33(4)67)41(38)76-31(2)65)83-44-43(77-32(3)66)45(53(72)87-58(5,6)7)84-56(86-57(63)59(60,61)62)48(44)85-55-47(82-52(71)37-26-18-11-19-27-37)42(81-51(70)36-24-16-10-17-25-36)40(80-50(69)35-22-14-9-15-23-35)39(79-55)28-73-49(68)34-20-12-8-13-21-34/h8-27,38-48,54-56,63H,28-29H2,1-7H3/t38-,39-,40+,41+,42+,43+,44+,45+,46-,47-,48-,54+,55+,56-/m1/s1. The van der Waals surface area contributed by atoms with E-state index in [9.17, 15) is 43.2 Å². The van der Waals surface area contributed by atoms with Crippen LogP contribution in [0.2, 0.25) is 0 Å². The number of hydrogen-bond acceptors (Lipinski definition) is 25. The minimum absolute atomic E-state index is 0.0410. The van der Waals surface area contributed by atoms with E-state index < -0.39 is 168 Å². The lowest BCUT2D eigenvalue weighted by Gasteiger charge is -2.50. The smallest absolute Gasteiger partial charge is 0.339 e. The Kier molecular flexibility index (Phi) is 22.8. The summed E-state index contributed by atoms with van der Waals surface area (Å²) in [4.78, 5) is 123. The third-order valence-electron chi connectivity index (χ3n) is 12.6. The molecule has 466 valence electrons. The topological polar surface area (TPSA) is 316 Å². The van der Waals surface area contributed by atoms with E-state index >= 15 is 0 Å². The van der Waals surface area contributed by atoms with Gasteiger partial charge < -0.3 is 71.1 Å². The Labute approximate surface area is 512 Å². The molecule has 0 saturated carbocycles. The van der Waals surface area contributed by atoms with Gasteiger partial charge in [-0.3, -0.25) is 24.6 Å².